The lowest BCUT2D eigenvalue weighted by Gasteiger charge is -2.10. The van der Waals surface area contributed by atoms with E-state index in [1.807, 2.05) is 0 Å². The maximum atomic E-state index is 13.1. The zero-order chi connectivity index (χ0) is 28.9. The summed E-state index contributed by atoms with van der Waals surface area (Å²) in [6.45, 7) is 0.143. The Hall–Kier alpha value is -5.18. The number of Topliss-reactive ketones (excluding diaryl/α,β-unsaturated/α-hetero) is 2. The average molecular weight is 555 g/mol. The Morgan fingerprint density at radius 3 is 1.27 bits per heavy atom. The van der Waals surface area contributed by atoms with Crippen molar-refractivity contribution in [3.05, 3.63) is 83.9 Å². The Labute approximate surface area is 236 Å². The van der Waals surface area contributed by atoms with E-state index in [1.54, 1.807) is 101 Å². The molecule has 1 heterocycles. The summed E-state index contributed by atoms with van der Waals surface area (Å²) in [5, 5.41) is 7.79. The molecule has 0 aliphatic carbocycles. The highest BCUT2D eigenvalue weighted by atomic mass is 16.5. The summed E-state index contributed by atoms with van der Waals surface area (Å²) in [6.07, 6.45) is 0. The van der Waals surface area contributed by atoms with Crippen molar-refractivity contribution >= 4 is 44.9 Å². The van der Waals surface area contributed by atoms with Crippen LogP contribution in [0.15, 0.2) is 77.2 Å². The summed E-state index contributed by atoms with van der Waals surface area (Å²) in [4.78, 5) is 26.2. The number of anilines is 2. The monoisotopic (exact) mass is 554 g/mol. The number of rotatable bonds is 12. The number of fused-ring (bicyclic) bond motifs is 3. The molecule has 9 nitrogen and oxygen atoms in total. The van der Waals surface area contributed by atoms with Gasteiger partial charge in [0.25, 0.3) is 0 Å². The molecule has 0 saturated heterocycles. The minimum Gasteiger partial charge on any atom is -0.497 e. The summed E-state index contributed by atoms with van der Waals surface area (Å²) in [5.74, 6) is 2.27. The predicted octanol–water partition coefficient (Wildman–Crippen LogP) is 6.21. The number of hydrogen-bond donors (Lipinski definition) is 2. The molecule has 2 N–H and O–H groups in total. The number of ether oxygens (including phenoxy) is 4. The number of benzene rings is 4. The Morgan fingerprint density at radius 1 is 0.561 bits per heavy atom. The van der Waals surface area contributed by atoms with E-state index in [0.29, 0.717) is 56.7 Å². The lowest BCUT2D eigenvalue weighted by atomic mass is 10.0. The molecule has 41 heavy (non-hydrogen) atoms. The zero-order valence-electron chi connectivity index (χ0n) is 23.2. The number of carbonyl (C=O) groups excluding carboxylic acids is 2. The second kappa shape index (κ2) is 11.9. The highest BCUT2D eigenvalue weighted by Crippen LogP contribution is 2.31. The zero-order valence-corrected chi connectivity index (χ0v) is 23.2. The molecule has 0 atom stereocenters. The van der Waals surface area contributed by atoms with Crippen LogP contribution in [0.4, 0.5) is 11.4 Å². The van der Waals surface area contributed by atoms with Crippen LogP contribution in [0, 0.1) is 0 Å². The first-order valence-electron chi connectivity index (χ1n) is 12.9. The van der Waals surface area contributed by atoms with Crippen molar-refractivity contribution in [1.29, 1.82) is 0 Å². The van der Waals surface area contributed by atoms with E-state index in [1.165, 1.54) is 0 Å². The molecule has 0 aliphatic rings. The van der Waals surface area contributed by atoms with Crippen LogP contribution < -0.4 is 29.6 Å². The Bertz CT molecular complexity index is 1570. The van der Waals surface area contributed by atoms with E-state index >= 15 is 0 Å². The molecule has 0 bridgehead atoms. The summed E-state index contributed by atoms with van der Waals surface area (Å²) < 4.78 is 27.2. The quantitative estimate of drug-likeness (QED) is 0.174. The van der Waals surface area contributed by atoms with Crippen LogP contribution >= 0.6 is 0 Å². The largest absolute Gasteiger partial charge is 0.497 e. The standard InChI is InChI=1S/C32H30N2O7/c1-37-23-11-21(12-24(15-23)38-2)33-17-29(35)19-5-7-31-27(9-19)28-10-20(6-8-32(28)41-31)30(36)18-34-22-13-25(39-3)16-26(14-22)40-4/h5-16,33-34H,17-18H2,1-4H3. The molecular formula is C32H30N2O7. The maximum Gasteiger partial charge on any atom is 0.181 e. The van der Waals surface area contributed by atoms with Crippen molar-refractivity contribution in [3.8, 4) is 23.0 Å². The van der Waals surface area contributed by atoms with Gasteiger partial charge in [0.2, 0.25) is 0 Å². The van der Waals surface area contributed by atoms with Crippen molar-refractivity contribution in [2.45, 2.75) is 0 Å². The molecule has 9 heteroatoms. The normalized spacial score (nSPS) is 10.8. The van der Waals surface area contributed by atoms with Gasteiger partial charge in [-0.05, 0) is 36.4 Å². The third-order valence-corrected chi connectivity index (χ3v) is 6.72. The second-order valence-corrected chi connectivity index (χ2v) is 9.28. The highest BCUT2D eigenvalue weighted by molar-refractivity contribution is 6.11. The van der Waals surface area contributed by atoms with E-state index < -0.39 is 0 Å². The van der Waals surface area contributed by atoms with E-state index in [0.717, 1.165) is 10.8 Å². The third kappa shape index (κ3) is 6.04. The van der Waals surface area contributed by atoms with Crippen LogP contribution in [0.25, 0.3) is 21.9 Å². The van der Waals surface area contributed by atoms with Crippen LogP contribution in [-0.4, -0.2) is 53.1 Å². The van der Waals surface area contributed by atoms with Gasteiger partial charge in [0, 0.05) is 69.7 Å². The number of carbonyl (C=O) groups is 2. The average Bonchev–Trinajstić information content (AvgIpc) is 3.39. The van der Waals surface area contributed by atoms with Gasteiger partial charge in [-0.3, -0.25) is 9.59 Å². The van der Waals surface area contributed by atoms with Gasteiger partial charge in [-0.25, -0.2) is 0 Å². The molecule has 0 spiro atoms. The fourth-order valence-corrected chi connectivity index (χ4v) is 4.51. The predicted molar refractivity (Wildman–Crippen MR) is 158 cm³/mol. The molecular weight excluding hydrogens is 524 g/mol. The fourth-order valence-electron chi connectivity index (χ4n) is 4.51. The van der Waals surface area contributed by atoms with Gasteiger partial charge in [-0.1, -0.05) is 0 Å². The molecule has 0 saturated carbocycles. The summed E-state index contributed by atoms with van der Waals surface area (Å²) in [6, 6.07) is 21.3. The van der Waals surface area contributed by atoms with Crippen LogP contribution in [0.2, 0.25) is 0 Å². The molecule has 0 amide bonds. The Morgan fingerprint density at radius 2 is 0.927 bits per heavy atom. The lowest BCUT2D eigenvalue weighted by Crippen LogP contribution is -2.14. The number of ketones is 2. The van der Waals surface area contributed by atoms with Crippen LogP contribution in [0.5, 0.6) is 23.0 Å². The minimum absolute atomic E-state index is 0.0715. The molecule has 0 radical (unpaired) electrons. The first-order valence-corrected chi connectivity index (χ1v) is 12.9. The first-order chi connectivity index (χ1) is 19.9. The van der Waals surface area contributed by atoms with Crippen molar-refractivity contribution in [2.75, 3.05) is 52.2 Å². The van der Waals surface area contributed by atoms with Gasteiger partial charge in [0.1, 0.15) is 34.2 Å². The Kier molecular flexibility index (Phi) is 7.96. The molecule has 210 valence electrons. The number of methoxy groups -OCH3 is 4. The van der Waals surface area contributed by atoms with Gasteiger partial charge >= 0.3 is 0 Å². The van der Waals surface area contributed by atoms with Crippen LogP contribution in [-0.2, 0) is 0 Å². The molecule has 4 aromatic carbocycles. The van der Waals surface area contributed by atoms with Gasteiger partial charge in [-0.15, -0.1) is 0 Å². The number of hydrogen-bond acceptors (Lipinski definition) is 9. The van der Waals surface area contributed by atoms with E-state index in [4.69, 9.17) is 23.4 Å². The van der Waals surface area contributed by atoms with Gasteiger partial charge in [0.15, 0.2) is 11.6 Å². The van der Waals surface area contributed by atoms with Crippen molar-refractivity contribution in [1.82, 2.24) is 0 Å². The molecule has 0 fully saturated rings. The SMILES string of the molecule is COc1cc(NCC(=O)c2ccc3oc4ccc(C(=O)CNc5cc(OC)cc(OC)c5)cc4c3c2)cc(OC)c1. The summed E-state index contributed by atoms with van der Waals surface area (Å²) in [5.41, 5.74) is 3.71. The smallest absolute Gasteiger partial charge is 0.181 e. The fraction of sp³-hybridized carbons (Fsp3) is 0.188. The van der Waals surface area contributed by atoms with E-state index in [2.05, 4.69) is 10.6 Å². The summed E-state index contributed by atoms with van der Waals surface area (Å²) in [7, 11) is 6.28. The van der Waals surface area contributed by atoms with Gasteiger partial charge < -0.3 is 34.0 Å². The molecule has 5 rings (SSSR count). The molecule has 1 aromatic heterocycles. The number of nitrogens with one attached hydrogen (secondary N) is 2. The molecule has 0 unspecified atom stereocenters. The van der Waals surface area contributed by atoms with Crippen LogP contribution in [0.1, 0.15) is 20.7 Å². The van der Waals surface area contributed by atoms with Gasteiger partial charge in [0.05, 0.1) is 41.5 Å². The molecule has 0 aliphatic heterocycles. The minimum atomic E-state index is -0.104. The second-order valence-electron chi connectivity index (χ2n) is 9.28. The summed E-state index contributed by atoms with van der Waals surface area (Å²) >= 11 is 0. The maximum absolute atomic E-state index is 13.1. The topological polar surface area (TPSA) is 108 Å². The van der Waals surface area contributed by atoms with Crippen molar-refractivity contribution in [3.63, 3.8) is 0 Å². The number of furan rings is 1. The van der Waals surface area contributed by atoms with Gasteiger partial charge in [-0.2, -0.15) is 0 Å². The third-order valence-electron chi connectivity index (χ3n) is 6.72. The van der Waals surface area contributed by atoms with Crippen molar-refractivity contribution in [2.24, 2.45) is 0 Å². The van der Waals surface area contributed by atoms with E-state index in [-0.39, 0.29) is 24.7 Å². The highest BCUT2D eigenvalue weighted by Gasteiger charge is 2.15. The van der Waals surface area contributed by atoms with E-state index in [9.17, 15) is 9.59 Å². The van der Waals surface area contributed by atoms with Crippen molar-refractivity contribution < 1.29 is 33.0 Å². The lowest BCUT2D eigenvalue weighted by molar-refractivity contribution is 0.0998. The molecule has 5 aromatic rings. The first kappa shape index (κ1) is 27.4. The van der Waals surface area contributed by atoms with Crippen LogP contribution in [0.3, 0.4) is 0 Å². The Balaban J connectivity index is 1.34.